The van der Waals surface area contributed by atoms with Crippen molar-refractivity contribution < 1.29 is 0 Å². The molecular formula is C16H24BrN3. The number of hydrogen-bond donors (Lipinski definition) is 1. The van der Waals surface area contributed by atoms with E-state index in [1.807, 2.05) is 7.05 Å². The van der Waals surface area contributed by atoms with E-state index in [1.54, 1.807) is 0 Å². The lowest BCUT2D eigenvalue weighted by Crippen LogP contribution is -2.47. The van der Waals surface area contributed by atoms with Crippen LogP contribution < -0.4 is 10.2 Å². The average Bonchev–Trinajstić information content (AvgIpc) is 3.26. The van der Waals surface area contributed by atoms with Crippen LogP contribution in [0.25, 0.3) is 0 Å². The van der Waals surface area contributed by atoms with Crippen molar-refractivity contribution in [1.82, 2.24) is 10.2 Å². The maximum Gasteiger partial charge on any atom is 0.0378 e. The molecule has 110 valence electrons. The van der Waals surface area contributed by atoms with E-state index in [4.69, 9.17) is 0 Å². The Kier molecular flexibility index (Phi) is 4.64. The van der Waals surface area contributed by atoms with Crippen LogP contribution >= 0.6 is 15.9 Å². The fourth-order valence-corrected chi connectivity index (χ4v) is 3.43. The molecule has 3 rings (SSSR count). The Balaban J connectivity index is 1.58. The summed E-state index contributed by atoms with van der Waals surface area (Å²) in [6.45, 7) is 6.99. The number of piperazine rings is 1. The van der Waals surface area contributed by atoms with Gasteiger partial charge in [-0.1, -0.05) is 22.0 Å². The van der Waals surface area contributed by atoms with Crippen molar-refractivity contribution in [2.75, 3.05) is 44.7 Å². The van der Waals surface area contributed by atoms with Crippen LogP contribution in [0.3, 0.4) is 0 Å². The fourth-order valence-electron chi connectivity index (χ4n) is 2.92. The van der Waals surface area contributed by atoms with Crippen LogP contribution in [-0.2, 0) is 6.54 Å². The molecular weight excluding hydrogens is 314 g/mol. The van der Waals surface area contributed by atoms with Crippen molar-refractivity contribution in [3.05, 3.63) is 28.2 Å². The minimum Gasteiger partial charge on any atom is -0.369 e. The van der Waals surface area contributed by atoms with Gasteiger partial charge in [-0.25, -0.2) is 0 Å². The number of halogens is 1. The first-order chi connectivity index (χ1) is 9.76. The van der Waals surface area contributed by atoms with Gasteiger partial charge in [-0.3, -0.25) is 4.90 Å². The monoisotopic (exact) mass is 337 g/mol. The zero-order valence-corrected chi connectivity index (χ0v) is 13.8. The van der Waals surface area contributed by atoms with Gasteiger partial charge in [0.25, 0.3) is 0 Å². The molecule has 3 nitrogen and oxygen atoms in total. The van der Waals surface area contributed by atoms with Crippen molar-refractivity contribution in [2.45, 2.75) is 19.4 Å². The maximum atomic E-state index is 3.69. The molecule has 0 spiro atoms. The molecule has 1 saturated carbocycles. The highest BCUT2D eigenvalue weighted by Crippen LogP contribution is 2.30. The quantitative estimate of drug-likeness (QED) is 0.891. The van der Waals surface area contributed by atoms with Gasteiger partial charge in [0.2, 0.25) is 0 Å². The van der Waals surface area contributed by atoms with Gasteiger partial charge in [0.05, 0.1) is 0 Å². The third kappa shape index (κ3) is 3.54. The van der Waals surface area contributed by atoms with E-state index in [2.05, 4.69) is 49.2 Å². The molecule has 0 unspecified atom stereocenters. The van der Waals surface area contributed by atoms with Crippen LogP contribution in [0.4, 0.5) is 5.69 Å². The van der Waals surface area contributed by atoms with Crippen LogP contribution in [0.2, 0.25) is 0 Å². The number of benzene rings is 1. The van der Waals surface area contributed by atoms with Gasteiger partial charge in [-0.15, -0.1) is 0 Å². The van der Waals surface area contributed by atoms with Gasteiger partial charge in [0.15, 0.2) is 0 Å². The highest BCUT2D eigenvalue weighted by Gasteiger charge is 2.26. The van der Waals surface area contributed by atoms with E-state index in [-0.39, 0.29) is 0 Å². The summed E-state index contributed by atoms with van der Waals surface area (Å²) >= 11 is 3.69. The van der Waals surface area contributed by atoms with E-state index in [0.29, 0.717) is 0 Å². The lowest BCUT2D eigenvalue weighted by Gasteiger charge is -2.36. The molecule has 20 heavy (non-hydrogen) atoms. The topological polar surface area (TPSA) is 18.5 Å². The molecule has 2 aliphatic rings. The molecule has 1 saturated heterocycles. The highest BCUT2D eigenvalue weighted by atomic mass is 79.9. The SMILES string of the molecule is CNCc1ccc(N2CCN(CC3CC3)CC2)cc1Br. The first kappa shape index (κ1) is 14.4. The second-order valence-corrected chi connectivity index (χ2v) is 6.89. The molecule has 0 radical (unpaired) electrons. The number of hydrogen-bond acceptors (Lipinski definition) is 3. The van der Waals surface area contributed by atoms with Crippen molar-refractivity contribution in [2.24, 2.45) is 5.92 Å². The molecule has 1 N–H and O–H groups in total. The molecule has 0 atom stereocenters. The van der Waals surface area contributed by atoms with Gasteiger partial charge in [0.1, 0.15) is 0 Å². The Bertz CT molecular complexity index is 451. The molecule has 1 aliphatic carbocycles. The predicted molar refractivity (Wildman–Crippen MR) is 88.3 cm³/mol. The van der Waals surface area contributed by atoms with Crippen LogP contribution in [0, 0.1) is 5.92 Å². The van der Waals surface area contributed by atoms with Crippen molar-refractivity contribution >= 4 is 21.6 Å². The minimum atomic E-state index is 0.913. The summed E-state index contributed by atoms with van der Waals surface area (Å²) in [4.78, 5) is 5.15. The van der Waals surface area contributed by atoms with Crippen molar-refractivity contribution in [1.29, 1.82) is 0 Å². The summed E-state index contributed by atoms with van der Waals surface area (Å²) in [5.41, 5.74) is 2.67. The summed E-state index contributed by atoms with van der Waals surface area (Å²) < 4.78 is 1.21. The second-order valence-electron chi connectivity index (χ2n) is 6.04. The first-order valence-electron chi connectivity index (χ1n) is 7.66. The van der Waals surface area contributed by atoms with Gasteiger partial charge in [-0.05, 0) is 43.5 Å². The third-order valence-electron chi connectivity index (χ3n) is 4.35. The van der Waals surface area contributed by atoms with Crippen molar-refractivity contribution in [3.8, 4) is 0 Å². The summed E-state index contributed by atoms with van der Waals surface area (Å²) in [5.74, 6) is 1.01. The van der Waals surface area contributed by atoms with E-state index in [9.17, 15) is 0 Å². The van der Waals surface area contributed by atoms with Gasteiger partial charge < -0.3 is 10.2 Å². The smallest absolute Gasteiger partial charge is 0.0378 e. The largest absolute Gasteiger partial charge is 0.369 e. The number of rotatable bonds is 5. The molecule has 0 aromatic heterocycles. The van der Waals surface area contributed by atoms with Crippen LogP contribution in [0.15, 0.2) is 22.7 Å². The molecule has 0 amide bonds. The first-order valence-corrected chi connectivity index (χ1v) is 8.46. The lowest BCUT2D eigenvalue weighted by atomic mass is 10.1. The average molecular weight is 338 g/mol. The van der Waals surface area contributed by atoms with E-state index in [1.165, 1.54) is 48.2 Å². The third-order valence-corrected chi connectivity index (χ3v) is 5.09. The molecule has 4 heteroatoms. The normalized spacial score (nSPS) is 20.4. The summed E-state index contributed by atoms with van der Waals surface area (Å²) in [5, 5.41) is 3.20. The predicted octanol–water partition coefficient (Wildman–Crippen LogP) is 2.70. The van der Waals surface area contributed by atoms with E-state index in [0.717, 1.165) is 25.6 Å². The zero-order chi connectivity index (χ0) is 13.9. The fraction of sp³-hybridized carbons (Fsp3) is 0.625. The standard InChI is InChI=1S/C16H24BrN3/c1-18-11-14-4-5-15(10-16(14)17)20-8-6-19(7-9-20)12-13-2-3-13/h4-5,10,13,18H,2-3,6-9,11-12H2,1H3. The maximum absolute atomic E-state index is 3.69. The minimum absolute atomic E-state index is 0.913. The van der Waals surface area contributed by atoms with Gasteiger partial charge in [-0.2, -0.15) is 0 Å². The lowest BCUT2D eigenvalue weighted by molar-refractivity contribution is 0.248. The summed E-state index contributed by atoms with van der Waals surface area (Å²) in [6.07, 6.45) is 2.92. The number of nitrogens with zero attached hydrogens (tertiary/aromatic N) is 2. The number of nitrogens with one attached hydrogen (secondary N) is 1. The molecule has 0 bridgehead atoms. The van der Waals surface area contributed by atoms with Crippen LogP contribution in [-0.4, -0.2) is 44.7 Å². The van der Waals surface area contributed by atoms with Crippen LogP contribution in [0.1, 0.15) is 18.4 Å². The Hall–Kier alpha value is -0.580. The van der Waals surface area contributed by atoms with E-state index < -0.39 is 0 Å². The van der Waals surface area contributed by atoms with Gasteiger partial charge >= 0.3 is 0 Å². The zero-order valence-electron chi connectivity index (χ0n) is 12.2. The Morgan fingerprint density at radius 2 is 1.95 bits per heavy atom. The Labute approximate surface area is 130 Å². The van der Waals surface area contributed by atoms with Gasteiger partial charge in [0, 0.05) is 49.4 Å². The summed E-state index contributed by atoms with van der Waals surface area (Å²) in [6, 6.07) is 6.75. The number of anilines is 1. The highest BCUT2D eigenvalue weighted by molar-refractivity contribution is 9.10. The Morgan fingerprint density at radius 1 is 1.20 bits per heavy atom. The molecule has 1 aliphatic heterocycles. The van der Waals surface area contributed by atoms with Crippen molar-refractivity contribution in [3.63, 3.8) is 0 Å². The molecule has 1 heterocycles. The summed E-state index contributed by atoms with van der Waals surface area (Å²) in [7, 11) is 1.99. The van der Waals surface area contributed by atoms with Crippen LogP contribution in [0.5, 0.6) is 0 Å². The molecule has 1 aromatic carbocycles. The Morgan fingerprint density at radius 3 is 2.55 bits per heavy atom. The molecule has 1 aromatic rings. The van der Waals surface area contributed by atoms with E-state index >= 15 is 0 Å². The second kappa shape index (κ2) is 6.46. The molecule has 2 fully saturated rings.